The molecule has 2 N–H and O–H groups in total. The van der Waals surface area contributed by atoms with Gasteiger partial charge in [0.1, 0.15) is 5.75 Å². The number of thioether (sulfide) groups is 1. The Hall–Kier alpha value is -1.20. The van der Waals surface area contributed by atoms with E-state index in [0.717, 1.165) is 43.2 Å². The minimum Gasteiger partial charge on any atom is -0.494 e. The molecule has 0 saturated carbocycles. The molecule has 5 heteroatoms. The van der Waals surface area contributed by atoms with E-state index in [2.05, 4.69) is 29.7 Å². The molecule has 2 rings (SSSR count). The van der Waals surface area contributed by atoms with Gasteiger partial charge in [0, 0.05) is 18.2 Å². The summed E-state index contributed by atoms with van der Waals surface area (Å²) in [7, 11) is 0. The number of nitrogens with one attached hydrogen (secondary N) is 2. The molecule has 0 bridgehead atoms. The van der Waals surface area contributed by atoms with Crippen molar-refractivity contribution >= 4 is 17.7 Å². The third-order valence-electron chi connectivity index (χ3n) is 3.44. The highest BCUT2D eigenvalue weighted by Crippen LogP contribution is 2.13. The average Bonchev–Trinajstić information content (AvgIpc) is 3.03. The van der Waals surface area contributed by atoms with E-state index < -0.39 is 0 Å². The lowest BCUT2D eigenvalue weighted by atomic mass is 10.1. The van der Waals surface area contributed by atoms with Crippen LogP contribution in [0.1, 0.15) is 25.3 Å². The van der Waals surface area contributed by atoms with Crippen LogP contribution in [0.25, 0.3) is 0 Å². The van der Waals surface area contributed by atoms with Crippen molar-refractivity contribution in [3.8, 4) is 5.75 Å². The van der Waals surface area contributed by atoms with Gasteiger partial charge in [0.05, 0.1) is 12.6 Å². The SMILES string of the molecule is CCCCOc1ccc(CCNC(=O)C2CSCN2)cc1. The highest BCUT2D eigenvalue weighted by molar-refractivity contribution is 7.99. The molecular formula is C16H24N2O2S. The Morgan fingerprint density at radius 1 is 1.43 bits per heavy atom. The lowest BCUT2D eigenvalue weighted by Crippen LogP contribution is -2.42. The zero-order chi connectivity index (χ0) is 14.9. The van der Waals surface area contributed by atoms with Gasteiger partial charge in [0.15, 0.2) is 0 Å². The standard InChI is InChI=1S/C16H24N2O2S/c1-2-3-10-20-14-6-4-13(5-7-14)8-9-17-16(19)15-11-21-12-18-15/h4-7,15,18H,2-3,8-12H2,1H3,(H,17,19). The minimum absolute atomic E-state index is 0.0238. The molecule has 1 aliphatic heterocycles. The largest absolute Gasteiger partial charge is 0.494 e. The molecule has 0 radical (unpaired) electrons. The zero-order valence-electron chi connectivity index (χ0n) is 12.6. The molecule has 116 valence electrons. The molecule has 1 aromatic rings. The van der Waals surface area contributed by atoms with E-state index in [0.29, 0.717) is 6.54 Å². The number of carbonyl (C=O) groups excluding carboxylic acids is 1. The lowest BCUT2D eigenvalue weighted by Gasteiger charge is -2.10. The molecule has 4 nitrogen and oxygen atoms in total. The van der Waals surface area contributed by atoms with E-state index in [1.807, 2.05) is 12.1 Å². The molecule has 0 spiro atoms. The molecule has 1 saturated heterocycles. The average molecular weight is 308 g/mol. The first-order chi connectivity index (χ1) is 10.3. The van der Waals surface area contributed by atoms with Crippen molar-refractivity contribution in [1.29, 1.82) is 0 Å². The Morgan fingerprint density at radius 2 is 2.24 bits per heavy atom. The first-order valence-electron chi connectivity index (χ1n) is 7.60. The Labute approximate surface area is 131 Å². The molecule has 1 atom stereocenters. The molecule has 21 heavy (non-hydrogen) atoms. The van der Waals surface area contributed by atoms with Crippen molar-refractivity contribution in [3.05, 3.63) is 29.8 Å². The van der Waals surface area contributed by atoms with Gasteiger partial charge < -0.3 is 10.1 Å². The van der Waals surface area contributed by atoms with Gasteiger partial charge in [-0.2, -0.15) is 0 Å². The first kappa shape index (κ1) is 16.2. The van der Waals surface area contributed by atoms with Crippen LogP contribution in [0, 0.1) is 0 Å². The maximum Gasteiger partial charge on any atom is 0.238 e. The summed E-state index contributed by atoms with van der Waals surface area (Å²) in [6, 6.07) is 8.11. The van der Waals surface area contributed by atoms with Crippen LogP contribution in [-0.4, -0.2) is 36.7 Å². The maximum absolute atomic E-state index is 11.8. The van der Waals surface area contributed by atoms with E-state index in [1.165, 1.54) is 5.56 Å². The number of ether oxygens (including phenoxy) is 1. The molecule has 1 unspecified atom stereocenters. The Kier molecular flexibility index (Phi) is 6.89. The minimum atomic E-state index is -0.0238. The van der Waals surface area contributed by atoms with E-state index in [4.69, 9.17) is 4.74 Å². The molecular weight excluding hydrogens is 284 g/mol. The summed E-state index contributed by atoms with van der Waals surface area (Å²) in [4.78, 5) is 11.8. The van der Waals surface area contributed by atoms with Crippen molar-refractivity contribution in [3.63, 3.8) is 0 Å². The number of hydrogen-bond acceptors (Lipinski definition) is 4. The van der Waals surface area contributed by atoms with Gasteiger partial charge >= 0.3 is 0 Å². The van der Waals surface area contributed by atoms with Crippen molar-refractivity contribution in [2.24, 2.45) is 0 Å². The second kappa shape index (κ2) is 8.95. The normalized spacial score (nSPS) is 17.7. The third-order valence-corrected chi connectivity index (χ3v) is 4.38. The first-order valence-corrected chi connectivity index (χ1v) is 8.75. The number of amides is 1. The molecule has 0 aromatic heterocycles. The van der Waals surface area contributed by atoms with Gasteiger partial charge in [0.25, 0.3) is 0 Å². The summed E-state index contributed by atoms with van der Waals surface area (Å²) in [5, 5.41) is 6.15. The van der Waals surface area contributed by atoms with Gasteiger partial charge in [-0.15, -0.1) is 11.8 Å². The molecule has 1 heterocycles. The predicted molar refractivity (Wildman–Crippen MR) is 87.8 cm³/mol. The fourth-order valence-electron chi connectivity index (χ4n) is 2.10. The van der Waals surface area contributed by atoms with Crippen LogP contribution >= 0.6 is 11.8 Å². The van der Waals surface area contributed by atoms with E-state index in [-0.39, 0.29) is 11.9 Å². The number of benzene rings is 1. The van der Waals surface area contributed by atoms with Gasteiger partial charge in [-0.25, -0.2) is 0 Å². The number of hydrogen-bond donors (Lipinski definition) is 2. The summed E-state index contributed by atoms with van der Waals surface area (Å²) >= 11 is 1.76. The maximum atomic E-state index is 11.8. The quantitative estimate of drug-likeness (QED) is 0.723. The molecule has 1 amide bonds. The van der Waals surface area contributed by atoms with Crippen molar-refractivity contribution in [2.45, 2.75) is 32.2 Å². The number of unbranched alkanes of at least 4 members (excludes halogenated alkanes) is 1. The van der Waals surface area contributed by atoms with Crippen LogP contribution in [0.2, 0.25) is 0 Å². The van der Waals surface area contributed by atoms with Crippen molar-refractivity contribution in [2.75, 3.05) is 24.8 Å². The van der Waals surface area contributed by atoms with Crippen LogP contribution in [0.3, 0.4) is 0 Å². The number of rotatable bonds is 8. The highest BCUT2D eigenvalue weighted by Gasteiger charge is 2.21. The second-order valence-electron chi connectivity index (χ2n) is 5.16. The predicted octanol–water partition coefficient (Wildman–Crippen LogP) is 2.19. The second-order valence-corrected chi connectivity index (χ2v) is 6.19. The van der Waals surface area contributed by atoms with Gasteiger partial charge in [-0.1, -0.05) is 25.5 Å². The summed E-state index contributed by atoms with van der Waals surface area (Å²) in [6.07, 6.45) is 3.08. The smallest absolute Gasteiger partial charge is 0.238 e. The van der Waals surface area contributed by atoms with E-state index in [9.17, 15) is 4.79 Å². The van der Waals surface area contributed by atoms with Crippen LogP contribution in [-0.2, 0) is 11.2 Å². The summed E-state index contributed by atoms with van der Waals surface area (Å²) in [5.74, 6) is 2.77. The fraction of sp³-hybridized carbons (Fsp3) is 0.562. The van der Waals surface area contributed by atoms with Gasteiger partial charge in [-0.05, 0) is 30.5 Å². The molecule has 1 fully saturated rings. The van der Waals surface area contributed by atoms with Crippen molar-refractivity contribution in [1.82, 2.24) is 10.6 Å². The molecule has 1 aliphatic rings. The highest BCUT2D eigenvalue weighted by atomic mass is 32.2. The summed E-state index contributed by atoms with van der Waals surface area (Å²) in [6.45, 7) is 3.61. The van der Waals surface area contributed by atoms with Gasteiger partial charge in [0.2, 0.25) is 5.91 Å². The third kappa shape index (κ3) is 5.59. The van der Waals surface area contributed by atoms with Gasteiger partial charge in [-0.3, -0.25) is 10.1 Å². The van der Waals surface area contributed by atoms with Crippen LogP contribution < -0.4 is 15.4 Å². The Balaban J connectivity index is 1.67. The summed E-state index contributed by atoms with van der Waals surface area (Å²) < 4.78 is 5.63. The van der Waals surface area contributed by atoms with E-state index >= 15 is 0 Å². The van der Waals surface area contributed by atoms with Crippen LogP contribution in [0.5, 0.6) is 5.75 Å². The number of carbonyl (C=O) groups is 1. The monoisotopic (exact) mass is 308 g/mol. The molecule has 0 aliphatic carbocycles. The lowest BCUT2D eigenvalue weighted by molar-refractivity contribution is -0.122. The Bertz CT molecular complexity index is 430. The van der Waals surface area contributed by atoms with Crippen LogP contribution in [0.15, 0.2) is 24.3 Å². The van der Waals surface area contributed by atoms with Crippen molar-refractivity contribution < 1.29 is 9.53 Å². The Morgan fingerprint density at radius 3 is 2.90 bits per heavy atom. The molecule has 1 aromatic carbocycles. The van der Waals surface area contributed by atoms with Crippen LogP contribution in [0.4, 0.5) is 0 Å². The zero-order valence-corrected chi connectivity index (χ0v) is 13.4. The summed E-state index contributed by atoms with van der Waals surface area (Å²) in [5.41, 5.74) is 1.21. The fourth-order valence-corrected chi connectivity index (χ4v) is 3.05. The topological polar surface area (TPSA) is 50.4 Å². The van der Waals surface area contributed by atoms with E-state index in [1.54, 1.807) is 11.8 Å².